The minimum absolute atomic E-state index is 0.501. The second kappa shape index (κ2) is 4.99. The van der Waals surface area contributed by atoms with Gasteiger partial charge in [0.25, 0.3) is 0 Å². The quantitative estimate of drug-likeness (QED) is 0.856. The molecule has 0 amide bonds. The summed E-state index contributed by atoms with van der Waals surface area (Å²) < 4.78 is 1.28. The van der Waals surface area contributed by atoms with Gasteiger partial charge in [-0.1, -0.05) is 26.0 Å². The van der Waals surface area contributed by atoms with Gasteiger partial charge in [-0.15, -0.1) is 0 Å². The van der Waals surface area contributed by atoms with Gasteiger partial charge >= 0.3 is 0 Å². The van der Waals surface area contributed by atoms with Gasteiger partial charge in [-0.25, -0.2) is 0 Å². The summed E-state index contributed by atoms with van der Waals surface area (Å²) in [5, 5.41) is 7.22. The fourth-order valence-corrected chi connectivity index (χ4v) is 2.14. The monoisotopic (exact) mass is 326 g/mol. The Bertz CT molecular complexity index is 457. The Hall–Kier alpha value is -0.840. The van der Waals surface area contributed by atoms with E-state index in [0.29, 0.717) is 5.92 Å². The summed E-state index contributed by atoms with van der Waals surface area (Å²) in [4.78, 5) is 0. The van der Waals surface area contributed by atoms with Crippen LogP contribution in [-0.4, -0.2) is 10.2 Å². The first-order chi connectivity index (χ1) is 7.66. The van der Waals surface area contributed by atoms with Crippen LogP contribution in [0.4, 0.5) is 0 Å². The summed E-state index contributed by atoms with van der Waals surface area (Å²) >= 11 is 2.33. The molecule has 0 aliphatic carbocycles. The van der Waals surface area contributed by atoms with E-state index in [0.717, 1.165) is 6.42 Å². The van der Waals surface area contributed by atoms with Crippen molar-refractivity contribution in [3.63, 3.8) is 0 Å². The minimum Gasteiger partial charge on any atom is -0.282 e. The van der Waals surface area contributed by atoms with E-state index in [9.17, 15) is 0 Å². The molecule has 0 fully saturated rings. The van der Waals surface area contributed by atoms with Crippen molar-refractivity contribution in [2.45, 2.75) is 26.2 Å². The first-order valence-corrected chi connectivity index (χ1v) is 6.51. The molecule has 1 aromatic heterocycles. The molecule has 0 radical (unpaired) electrons. The Morgan fingerprint density at radius 3 is 2.56 bits per heavy atom. The number of nitrogens with zero attached hydrogens (tertiary/aromatic N) is 1. The molecule has 0 bridgehead atoms. The van der Waals surface area contributed by atoms with Gasteiger partial charge < -0.3 is 0 Å². The van der Waals surface area contributed by atoms with E-state index in [1.807, 2.05) is 6.20 Å². The first-order valence-electron chi connectivity index (χ1n) is 5.43. The molecule has 84 valence electrons. The average molecular weight is 326 g/mol. The number of hydrogen-bond acceptors (Lipinski definition) is 1. The predicted molar refractivity (Wildman–Crippen MR) is 74.6 cm³/mol. The number of benzene rings is 1. The average Bonchev–Trinajstić information content (AvgIpc) is 2.69. The number of H-pyrrole nitrogens is 1. The highest BCUT2D eigenvalue weighted by Gasteiger charge is 2.09. The van der Waals surface area contributed by atoms with Crippen molar-refractivity contribution in [2.24, 2.45) is 0 Å². The lowest BCUT2D eigenvalue weighted by molar-refractivity contribution is 0.799. The van der Waals surface area contributed by atoms with Crippen LogP contribution in [0.25, 0.3) is 0 Å². The summed E-state index contributed by atoms with van der Waals surface area (Å²) in [6.45, 7) is 4.37. The lowest BCUT2D eigenvalue weighted by Gasteiger charge is -2.06. The van der Waals surface area contributed by atoms with Crippen LogP contribution in [0.3, 0.4) is 0 Å². The number of rotatable bonds is 3. The number of hydrogen-bond donors (Lipinski definition) is 1. The summed E-state index contributed by atoms with van der Waals surface area (Å²) in [6.07, 6.45) is 2.90. The van der Waals surface area contributed by atoms with Crippen LogP contribution in [0.15, 0.2) is 30.5 Å². The van der Waals surface area contributed by atoms with Gasteiger partial charge in [0.05, 0.1) is 6.20 Å². The molecule has 1 aromatic carbocycles. The van der Waals surface area contributed by atoms with Gasteiger partial charge in [-0.3, -0.25) is 5.10 Å². The van der Waals surface area contributed by atoms with Crippen LogP contribution in [0.1, 0.15) is 36.6 Å². The molecule has 2 aromatic rings. The smallest absolute Gasteiger partial charge is 0.0525 e. The third-order valence-corrected chi connectivity index (χ3v) is 3.36. The second-order valence-corrected chi connectivity index (χ2v) is 5.51. The third-order valence-electron chi connectivity index (χ3n) is 2.64. The fraction of sp³-hybridized carbons (Fsp3) is 0.308. The van der Waals surface area contributed by atoms with Gasteiger partial charge in [0.2, 0.25) is 0 Å². The zero-order valence-electron chi connectivity index (χ0n) is 9.50. The van der Waals surface area contributed by atoms with Gasteiger partial charge in [0, 0.05) is 15.7 Å². The maximum atomic E-state index is 4.13. The Labute approximate surface area is 110 Å². The van der Waals surface area contributed by atoms with Crippen LogP contribution in [0.2, 0.25) is 0 Å². The van der Waals surface area contributed by atoms with E-state index in [1.54, 1.807) is 0 Å². The lowest BCUT2D eigenvalue weighted by atomic mass is 10.0. The van der Waals surface area contributed by atoms with Crippen molar-refractivity contribution in [1.29, 1.82) is 0 Å². The molecule has 16 heavy (non-hydrogen) atoms. The molecule has 3 heteroatoms. The zero-order valence-corrected chi connectivity index (χ0v) is 11.7. The highest BCUT2D eigenvalue weighted by atomic mass is 127. The van der Waals surface area contributed by atoms with Crippen molar-refractivity contribution < 1.29 is 0 Å². The maximum Gasteiger partial charge on any atom is 0.0525 e. The first kappa shape index (κ1) is 11.6. The van der Waals surface area contributed by atoms with E-state index in [4.69, 9.17) is 0 Å². The molecule has 0 aliphatic heterocycles. The van der Waals surface area contributed by atoms with Crippen LogP contribution in [0.5, 0.6) is 0 Å². The fourth-order valence-electron chi connectivity index (χ4n) is 1.78. The summed E-state index contributed by atoms with van der Waals surface area (Å²) in [5.74, 6) is 0.501. The summed E-state index contributed by atoms with van der Waals surface area (Å²) in [6, 6.07) is 8.65. The number of nitrogens with one attached hydrogen (secondary N) is 1. The Morgan fingerprint density at radius 1 is 1.25 bits per heavy atom. The molecular formula is C13H15IN2. The Balaban J connectivity index is 2.20. The Kier molecular flexibility index (Phi) is 3.63. The van der Waals surface area contributed by atoms with E-state index in [1.165, 1.54) is 20.4 Å². The highest BCUT2D eigenvalue weighted by molar-refractivity contribution is 14.1. The number of aromatic amines is 1. The van der Waals surface area contributed by atoms with Crippen molar-refractivity contribution in [1.82, 2.24) is 10.2 Å². The topological polar surface area (TPSA) is 28.7 Å². The van der Waals surface area contributed by atoms with Crippen molar-refractivity contribution >= 4 is 22.6 Å². The van der Waals surface area contributed by atoms with E-state index in [2.05, 4.69) is 70.9 Å². The van der Waals surface area contributed by atoms with Crippen LogP contribution < -0.4 is 0 Å². The van der Waals surface area contributed by atoms with Crippen LogP contribution >= 0.6 is 22.6 Å². The van der Waals surface area contributed by atoms with Crippen LogP contribution in [-0.2, 0) is 6.42 Å². The number of aromatic nitrogens is 2. The number of halogens is 1. The molecule has 0 spiro atoms. The largest absolute Gasteiger partial charge is 0.282 e. The minimum atomic E-state index is 0.501. The third kappa shape index (κ3) is 2.64. The van der Waals surface area contributed by atoms with Crippen LogP contribution in [0, 0.1) is 3.57 Å². The van der Waals surface area contributed by atoms with Crippen molar-refractivity contribution in [3.05, 3.63) is 50.9 Å². The molecule has 0 saturated carbocycles. The molecule has 2 nitrogen and oxygen atoms in total. The van der Waals surface area contributed by atoms with Gasteiger partial charge in [-0.2, -0.15) is 5.10 Å². The SMILES string of the molecule is CC(C)c1[nH]ncc1Cc1ccc(I)cc1. The molecule has 2 rings (SSSR count). The lowest BCUT2D eigenvalue weighted by Crippen LogP contribution is -1.95. The zero-order chi connectivity index (χ0) is 11.5. The van der Waals surface area contributed by atoms with Gasteiger partial charge in [-0.05, 0) is 51.8 Å². The van der Waals surface area contributed by atoms with Crippen molar-refractivity contribution in [2.75, 3.05) is 0 Å². The summed E-state index contributed by atoms with van der Waals surface area (Å²) in [7, 11) is 0. The highest BCUT2D eigenvalue weighted by Crippen LogP contribution is 2.19. The molecular weight excluding hydrogens is 311 g/mol. The standard InChI is InChI=1S/C13H15IN2/c1-9(2)13-11(8-15-16-13)7-10-3-5-12(14)6-4-10/h3-6,8-9H,7H2,1-2H3,(H,15,16). The normalized spacial score (nSPS) is 11.0. The molecule has 0 saturated heterocycles. The molecule has 0 atom stereocenters. The van der Waals surface area contributed by atoms with E-state index >= 15 is 0 Å². The molecule has 0 unspecified atom stereocenters. The summed E-state index contributed by atoms with van der Waals surface area (Å²) in [5.41, 5.74) is 3.89. The predicted octanol–water partition coefficient (Wildman–Crippen LogP) is 3.73. The van der Waals surface area contributed by atoms with E-state index < -0.39 is 0 Å². The van der Waals surface area contributed by atoms with Gasteiger partial charge in [0.1, 0.15) is 0 Å². The second-order valence-electron chi connectivity index (χ2n) is 4.27. The van der Waals surface area contributed by atoms with E-state index in [-0.39, 0.29) is 0 Å². The Morgan fingerprint density at radius 2 is 1.94 bits per heavy atom. The molecule has 1 heterocycles. The van der Waals surface area contributed by atoms with Crippen molar-refractivity contribution in [3.8, 4) is 0 Å². The maximum absolute atomic E-state index is 4.13. The molecule has 1 N–H and O–H groups in total. The van der Waals surface area contributed by atoms with Gasteiger partial charge in [0.15, 0.2) is 0 Å². The molecule has 0 aliphatic rings.